The molecule has 32 heavy (non-hydrogen) atoms. The summed E-state index contributed by atoms with van der Waals surface area (Å²) in [5, 5.41) is 9.99. The van der Waals surface area contributed by atoms with Gasteiger partial charge in [-0.3, -0.25) is 5.41 Å². The van der Waals surface area contributed by atoms with Crippen molar-refractivity contribution in [3.05, 3.63) is 88.5 Å². The van der Waals surface area contributed by atoms with E-state index in [4.69, 9.17) is 38.1 Å². The zero-order chi connectivity index (χ0) is 21.6. The van der Waals surface area contributed by atoms with Crippen LogP contribution in [0.2, 0.25) is 10.0 Å². The van der Waals surface area contributed by atoms with E-state index in [9.17, 15) is 0 Å². The average Bonchev–Trinajstić information content (AvgIpc) is 3.05. The SMILES string of the molecule is Cl.N=c1n(CCCOc2ccc(Cl)cc2)c2ccccc2n1CCOc1ccccc1Cl. The molecule has 168 valence electrons. The summed E-state index contributed by atoms with van der Waals surface area (Å²) in [6.45, 7) is 2.22. The molecule has 5 nitrogen and oxygen atoms in total. The minimum atomic E-state index is 0. The first-order chi connectivity index (χ1) is 15.1. The van der Waals surface area contributed by atoms with E-state index in [-0.39, 0.29) is 12.4 Å². The summed E-state index contributed by atoms with van der Waals surface area (Å²) < 4.78 is 15.6. The molecule has 0 aliphatic heterocycles. The monoisotopic (exact) mass is 491 g/mol. The molecule has 0 saturated heterocycles. The lowest BCUT2D eigenvalue weighted by molar-refractivity contribution is 0.292. The Kier molecular flexibility index (Phi) is 8.51. The van der Waals surface area contributed by atoms with E-state index < -0.39 is 0 Å². The number of aryl methyl sites for hydroxylation is 1. The number of nitrogens with zero attached hydrogens (tertiary/aromatic N) is 2. The molecular weight excluding hydrogens is 469 g/mol. The molecule has 0 radical (unpaired) electrons. The van der Waals surface area contributed by atoms with Crippen LogP contribution in [0.3, 0.4) is 0 Å². The summed E-state index contributed by atoms with van der Waals surface area (Å²) in [7, 11) is 0. The fourth-order valence-corrected chi connectivity index (χ4v) is 3.82. The van der Waals surface area contributed by atoms with Crippen molar-refractivity contribution in [3.8, 4) is 11.5 Å². The summed E-state index contributed by atoms with van der Waals surface area (Å²) in [6, 6.07) is 22.8. The average molecular weight is 493 g/mol. The van der Waals surface area contributed by atoms with E-state index >= 15 is 0 Å². The molecule has 1 heterocycles. The second-order valence-electron chi connectivity index (χ2n) is 7.05. The summed E-state index contributed by atoms with van der Waals surface area (Å²) in [5.74, 6) is 1.44. The van der Waals surface area contributed by atoms with E-state index in [1.54, 1.807) is 6.07 Å². The highest BCUT2D eigenvalue weighted by Gasteiger charge is 2.11. The first-order valence-corrected chi connectivity index (χ1v) is 10.9. The number of halogens is 3. The minimum Gasteiger partial charge on any atom is -0.494 e. The Bertz CT molecular complexity index is 1220. The molecule has 0 spiro atoms. The van der Waals surface area contributed by atoms with E-state index in [2.05, 4.69) is 0 Å². The van der Waals surface area contributed by atoms with Gasteiger partial charge >= 0.3 is 0 Å². The summed E-state index contributed by atoms with van der Waals surface area (Å²) in [4.78, 5) is 0. The van der Waals surface area contributed by atoms with Gasteiger partial charge in [0.2, 0.25) is 5.62 Å². The van der Waals surface area contributed by atoms with Crippen LogP contribution in [0.4, 0.5) is 0 Å². The van der Waals surface area contributed by atoms with Crippen LogP contribution in [0.25, 0.3) is 11.0 Å². The predicted molar refractivity (Wildman–Crippen MR) is 132 cm³/mol. The van der Waals surface area contributed by atoms with Crippen molar-refractivity contribution in [2.24, 2.45) is 0 Å². The molecular formula is C24H24Cl3N3O2. The number of hydrogen-bond donors (Lipinski definition) is 1. The summed E-state index contributed by atoms with van der Waals surface area (Å²) >= 11 is 12.1. The largest absolute Gasteiger partial charge is 0.494 e. The molecule has 0 amide bonds. The topological polar surface area (TPSA) is 52.2 Å². The second-order valence-corrected chi connectivity index (χ2v) is 7.89. The number of rotatable bonds is 9. The standard InChI is InChI=1S/C24H23Cl2N3O2.ClH/c25-18-10-12-19(13-11-18)30-16-5-14-28-21-7-2-3-8-22(21)29(24(28)27)15-17-31-23-9-4-1-6-20(23)26;/h1-4,6-13,27H,5,14-17H2;1H. The quantitative estimate of drug-likeness (QED) is 0.283. The van der Waals surface area contributed by atoms with Crippen LogP contribution in [0.1, 0.15) is 6.42 Å². The summed E-state index contributed by atoms with van der Waals surface area (Å²) in [6.07, 6.45) is 0.781. The molecule has 0 unspecified atom stereocenters. The highest BCUT2D eigenvalue weighted by atomic mass is 35.5. The van der Waals surface area contributed by atoms with E-state index in [0.29, 0.717) is 47.7 Å². The van der Waals surface area contributed by atoms with Gasteiger partial charge < -0.3 is 18.6 Å². The van der Waals surface area contributed by atoms with E-state index in [0.717, 1.165) is 23.2 Å². The van der Waals surface area contributed by atoms with Crippen LogP contribution < -0.4 is 15.1 Å². The van der Waals surface area contributed by atoms with Gasteiger partial charge in [0.15, 0.2) is 0 Å². The molecule has 0 aliphatic carbocycles. The Morgan fingerprint density at radius 3 is 2.03 bits per heavy atom. The van der Waals surface area contributed by atoms with Gasteiger partial charge in [-0.1, -0.05) is 47.5 Å². The number of imidazole rings is 1. The zero-order valence-corrected chi connectivity index (χ0v) is 19.7. The van der Waals surface area contributed by atoms with Crippen LogP contribution in [-0.2, 0) is 13.1 Å². The number of hydrogen-bond acceptors (Lipinski definition) is 3. The molecule has 0 aliphatic rings. The van der Waals surface area contributed by atoms with Crippen molar-refractivity contribution in [3.63, 3.8) is 0 Å². The van der Waals surface area contributed by atoms with Crippen molar-refractivity contribution in [1.82, 2.24) is 9.13 Å². The number of fused-ring (bicyclic) bond motifs is 1. The molecule has 0 atom stereocenters. The molecule has 3 aromatic carbocycles. The fourth-order valence-electron chi connectivity index (χ4n) is 3.50. The van der Waals surface area contributed by atoms with Crippen LogP contribution in [0, 0.1) is 5.41 Å². The third-order valence-corrected chi connectivity index (χ3v) is 5.56. The maximum absolute atomic E-state index is 8.71. The van der Waals surface area contributed by atoms with Gasteiger partial charge in [0.25, 0.3) is 0 Å². The molecule has 0 fully saturated rings. The maximum Gasteiger partial charge on any atom is 0.203 e. The molecule has 0 saturated carbocycles. The van der Waals surface area contributed by atoms with Crippen molar-refractivity contribution < 1.29 is 9.47 Å². The molecule has 8 heteroatoms. The highest BCUT2D eigenvalue weighted by Crippen LogP contribution is 2.23. The number of para-hydroxylation sites is 3. The highest BCUT2D eigenvalue weighted by molar-refractivity contribution is 6.32. The molecule has 1 aromatic heterocycles. The fraction of sp³-hybridized carbons (Fsp3) is 0.208. The van der Waals surface area contributed by atoms with Crippen molar-refractivity contribution in [1.29, 1.82) is 5.41 Å². The first-order valence-electron chi connectivity index (χ1n) is 10.1. The van der Waals surface area contributed by atoms with Crippen LogP contribution in [-0.4, -0.2) is 22.3 Å². The van der Waals surface area contributed by atoms with E-state index in [1.807, 2.05) is 75.9 Å². The third kappa shape index (κ3) is 5.60. The van der Waals surface area contributed by atoms with Gasteiger partial charge in [-0.25, -0.2) is 0 Å². The van der Waals surface area contributed by atoms with Gasteiger partial charge in [-0.15, -0.1) is 12.4 Å². The number of ether oxygens (including phenoxy) is 2. The first kappa shape index (κ1) is 24.1. The molecule has 4 aromatic rings. The van der Waals surface area contributed by atoms with E-state index in [1.165, 1.54) is 0 Å². The second kappa shape index (κ2) is 11.3. The maximum atomic E-state index is 8.71. The van der Waals surface area contributed by atoms with Gasteiger partial charge in [0, 0.05) is 11.6 Å². The van der Waals surface area contributed by atoms with Crippen LogP contribution >= 0.6 is 35.6 Å². The van der Waals surface area contributed by atoms with Gasteiger partial charge in [0.1, 0.15) is 18.1 Å². The number of aromatic nitrogens is 2. The molecule has 4 rings (SSSR count). The smallest absolute Gasteiger partial charge is 0.203 e. The normalized spacial score (nSPS) is 10.7. The number of benzene rings is 3. The lowest BCUT2D eigenvalue weighted by atomic mass is 10.3. The Hall–Kier alpha value is -2.60. The predicted octanol–water partition coefficient (Wildman–Crippen LogP) is 6.20. The van der Waals surface area contributed by atoms with Gasteiger partial charge in [-0.05, 0) is 55.0 Å². The van der Waals surface area contributed by atoms with Crippen molar-refractivity contribution in [2.75, 3.05) is 13.2 Å². The Morgan fingerprint density at radius 1 is 0.719 bits per heavy atom. The summed E-state index contributed by atoms with van der Waals surface area (Å²) in [5.41, 5.74) is 2.47. The Labute approximate surface area is 203 Å². The Morgan fingerprint density at radius 2 is 1.34 bits per heavy atom. The molecule has 1 N–H and O–H groups in total. The molecule has 0 bridgehead atoms. The van der Waals surface area contributed by atoms with Crippen LogP contribution in [0.5, 0.6) is 11.5 Å². The zero-order valence-electron chi connectivity index (χ0n) is 17.3. The Balaban J connectivity index is 0.00000289. The minimum absolute atomic E-state index is 0. The van der Waals surface area contributed by atoms with Gasteiger partial charge in [0.05, 0.1) is 29.2 Å². The van der Waals surface area contributed by atoms with Gasteiger partial charge in [-0.2, -0.15) is 0 Å². The van der Waals surface area contributed by atoms with Crippen molar-refractivity contribution >= 4 is 46.6 Å². The lowest BCUT2D eigenvalue weighted by Gasteiger charge is -2.09. The third-order valence-electron chi connectivity index (χ3n) is 4.99. The lowest BCUT2D eigenvalue weighted by Crippen LogP contribution is -2.27. The van der Waals surface area contributed by atoms with Crippen molar-refractivity contribution in [2.45, 2.75) is 19.5 Å². The van der Waals surface area contributed by atoms with Crippen LogP contribution in [0.15, 0.2) is 72.8 Å². The number of nitrogens with one attached hydrogen (secondary N) is 1.